The predicted molar refractivity (Wildman–Crippen MR) is 150 cm³/mol. The normalized spacial score (nSPS) is 30.4. The first-order chi connectivity index (χ1) is 18.6. The quantitative estimate of drug-likeness (QED) is 0.337. The average Bonchev–Trinajstić information content (AvgIpc) is 2.97. The summed E-state index contributed by atoms with van der Waals surface area (Å²) >= 11 is 0. The van der Waals surface area contributed by atoms with E-state index in [0.717, 1.165) is 24.4 Å². The molecule has 0 radical (unpaired) electrons. The lowest BCUT2D eigenvalue weighted by molar-refractivity contribution is -0.0518. The van der Waals surface area contributed by atoms with Crippen LogP contribution in [0.4, 0.5) is 8.78 Å². The molecule has 1 aliphatic heterocycles. The summed E-state index contributed by atoms with van der Waals surface area (Å²) in [6.45, 7) is 5.08. The smallest absolute Gasteiger partial charge is 0.201 e. The van der Waals surface area contributed by atoms with Gasteiger partial charge in [0.2, 0.25) is 5.82 Å². The number of hydrogen-bond donors (Lipinski definition) is 0. The molecular weight excluding hydrogens is 478 g/mol. The third-order valence-corrected chi connectivity index (χ3v) is 9.63. The van der Waals surface area contributed by atoms with E-state index in [9.17, 15) is 8.78 Å². The number of halogens is 2. The van der Waals surface area contributed by atoms with Gasteiger partial charge in [-0.2, -0.15) is 4.39 Å². The zero-order valence-corrected chi connectivity index (χ0v) is 23.1. The van der Waals surface area contributed by atoms with Gasteiger partial charge in [0.05, 0.1) is 19.3 Å². The van der Waals surface area contributed by atoms with Gasteiger partial charge in [0.15, 0.2) is 11.6 Å². The van der Waals surface area contributed by atoms with Crippen molar-refractivity contribution >= 4 is 0 Å². The van der Waals surface area contributed by atoms with Gasteiger partial charge in [0.1, 0.15) is 0 Å². The fourth-order valence-electron chi connectivity index (χ4n) is 7.46. The summed E-state index contributed by atoms with van der Waals surface area (Å²) in [5.74, 6) is 1.91. The van der Waals surface area contributed by atoms with Crippen molar-refractivity contribution < 1.29 is 18.3 Å². The first-order valence-corrected chi connectivity index (χ1v) is 15.0. The Kier molecular flexibility index (Phi) is 9.20. The summed E-state index contributed by atoms with van der Waals surface area (Å²) in [6.07, 6.45) is 18.0. The maximum atomic E-state index is 14.7. The summed E-state index contributed by atoms with van der Waals surface area (Å²) in [5.41, 5.74) is 2.32. The monoisotopic (exact) mass is 522 g/mol. The molecule has 3 fully saturated rings. The number of hydrogen-bond acceptors (Lipinski definition) is 2. The van der Waals surface area contributed by atoms with Crippen LogP contribution in [0.25, 0.3) is 11.1 Å². The molecule has 5 rings (SSSR count). The van der Waals surface area contributed by atoms with Crippen LogP contribution in [0, 0.1) is 35.3 Å². The minimum atomic E-state index is -0.912. The van der Waals surface area contributed by atoms with Crippen molar-refractivity contribution in [2.75, 3.05) is 13.2 Å². The minimum Gasteiger partial charge on any atom is -0.491 e. The molecule has 0 N–H and O–H groups in total. The Morgan fingerprint density at radius 2 is 1.45 bits per heavy atom. The van der Waals surface area contributed by atoms with E-state index in [2.05, 4.69) is 31.2 Å². The fourth-order valence-corrected chi connectivity index (χ4v) is 7.46. The van der Waals surface area contributed by atoms with Crippen molar-refractivity contribution in [3.8, 4) is 16.9 Å². The second kappa shape index (κ2) is 12.8. The summed E-state index contributed by atoms with van der Waals surface area (Å²) < 4.78 is 40.5. The molecule has 3 aliphatic rings. The van der Waals surface area contributed by atoms with Crippen LogP contribution in [0.5, 0.6) is 5.75 Å². The standard InChI is InChI=1S/C34H44F2O2/c1-3-5-23-6-20-31(38-22-23)29-17-13-27(14-18-29)25-9-7-24(8-10-25)26-11-15-28(16-12-26)30-19-21-32(37-4-2)34(36)33(30)35/h3,5,11-12,15-16,19,21,23-25,27,29,31H,4,6-10,13-14,17-18,20,22H2,1-2H3/b5-3+. The zero-order valence-electron chi connectivity index (χ0n) is 23.1. The Labute approximate surface area is 227 Å². The van der Waals surface area contributed by atoms with E-state index in [4.69, 9.17) is 9.47 Å². The van der Waals surface area contributed by atoms with Gasteiger partial charge < -0.3 is 9.47 Å². The maximum absolute atomic E-state index is 14.7. The van der Waals surface area contributed by atoms with Gasteiger partial charge in [-0.05, 0) is 125 Å². The van der Waals surface area contributed by atoms with Crippen LogP contribution in [-0.4, -0.2) is 19.3 Å². The molecule has 0 aromatic heterocycles. The van der Waals surface area contributed by atoms with Crippen molar-refractivity contribution in [3.05, 3.63) is 65.7 Å². The highest BCUT2D eigenvalue weighted by atomic mass is 19.2. The van der Waals surface area contributed by atoms with Gasteiger partial charge in [0, 0.05) is 11.5 Å². The van der Waals surface area contributed by atoms with Gasteiger partial charge in [0.25, 0.3) is 0 Å². The second-order valence-corrected chi connectivity index (χ2v) is 11.8. The van der Waals surface area contributed by atoms with Crippen LogP contribution in [0.15, 0.2) is 48.6 Å². The Hall–Kier alpha value is -2.20. The van der Waals surface area contributed by atoms with Crippen molar-refractivity contribution in [3.63, 3.8) is 0 Å². The van der Waals surface area contributed by atoms with E-state index in [1.807, 2.05) is 12.1 Å². The second-order valence-electron chi connectivity index (χ2n) is 11.8. The summed E-state index contributed by atoms with van der Waals surface area (Å²) in [4.78, 5) is 0. The Morgan fingerprint density at radius 3 is 2.05 bits per heavy atom. The molecule has 2 aliphatic carbocycles. The molecule has 2 aromatic carbocycles. The Balaban J connectivity index is 1.10. The Bertz CT molecular complexity index is 1050. The lowest BCUT2D eigenvalue weighted by Gasteiger charge is -2.41. The van der Waals surface area contributed by atoms with E-state index in [1.54, 1.807) is 13.0 Å². The third kappa shape index (κ3) is 6.17. The number of rotatable bonds is 7. The topological polar surface area (TPSA) is 18.5 Å². The van der Waals surface area contributed by atoms with Gasteiger partial charge in [-0.3, -0.25) is 0 Å². The first-order valence-electron chi connectivity index (χ1n) is 15.0. The van der Waals surface area contributed by atoms with Gasteiger partial charge in [-0.15, -0.1) is 0 Å². The third-order valence-electron chi connectivity index (χ3n) is 9.63. The number of benzene rings is 2. The molecule has 38 heavy (non-hydrogen) atoms. The molecule has 0 spiro atoms. The van der Waals surface area contributed by atoms with E-state index in [1.165, 1.54) is 75.8 Å². The summed E-state index contributed by atoms with van der Waals surface area (Å²) in [6, 6.07) is 11.2. The maximum Gasteiger partial charge on any atom is 0.201 e. The van der Waals surface area contributed by atoms with Crippen molar-refractivity contribution in [2.24, 2.45) is 23.7 Å². The van der Waals surface area contributed by atoms with E-state index >= 15 is 0 Å². The SMILES string of the molecule is C/C=C/C1CCC(C2CCC(C3CCC(c4ccc(-c5ccc(OCC)c(F)c5F)cc4)CC3)CC2)OC1. The van der Waals surface area contributed by atoms with E-state index < -0.39 is 11.6 Å². The molecule has 2 nitrogen and oxygen atoms in total. The van der Waals surface area contributed by atoms with Crippen LogP contribution in [0.3, 0.4) is 0 Å². The van der Waals surface area contributed by atoms with Gasteiger partial charge in [-0.1, -0.05) is 36.4 Å². The number of allylic oxidation sites excluding steroid dienone is 1. The minimum absolute atomic E-state index is 0.0313. The fraction of sp³-hybridized carbons (Fsp3) is 0.588. The average molecular weight is 523 g/mol. The highest BCUT2D eigenvalue weighted by molar-refractivity contribution is 5.65. The van der Waals surface area contributed by atoms with Crippen LogP contribution >= 0.6 is 0 Å². The lowest BCUT2D eigenvalue weighted by Crippen LogP contribution is -2.35. The van der Waals surface area contributed by atoms with E-state index in [0.29, 0.717) is 30.1 Å². The molecule has 0 bridgehead atoms. The largest absolute Gasteiger partial charge is 0.491 e. The van der Waals surface area contributed by atoms with Crippen LogP contribution in [-0.2, 0) is 4.74 Å². The zero-order chi connectivity index (χ0) is 26.5. The molecule has 0 amide bonds. The first kappa shape index (κ1) is 27.4. The lowest BCUT2D eigenvalue weighted by atomic mass is 9.67. The molecule has 2 aromatic rings. The number of ether oxygens (including phenoxy) is 2. The van der Waals surface area contributed by atoms with Crippen LogP contribution < -0.4 is 4.74 Å². The van der Waals surface area contributed by atoms with Crippen molar-refractivity contribution in [1.29, 1.82) is 0 Å². The molecular formula is C34H44F2O2. The molecule has 1 saturated heterocycles. The van der Waals surface area contributed by atoms with Crippen LogP contribution in [0.2, 0.25) is 0 Å². The van der Waals surface area contributed by atoms with Gasteiger partial charge in [-0.25, -0.2) is 4.39 Å². The highest BCUT2D eigenvalue weighted by Gasteiger charge is 2.35. The highest BCUT2D eigenvalue weighted by Crippen LogP contribution is 2.45. The van der Waals surface area contributed by atoms with E-state index in [-0.39, 0.29) is 11.3 Å². The van der Waals surface area contributed by atoms with Crippen molar-refractivity contribution in [2.45, 2.75) is 90.1 Å². The molecule has 2 saturated carbocycles. The molecule has 2 atom stereocenters. The molecule has 2 unspecified atom stereocenters. The molecule has 4 heteroatoms. The molecule has 1 heterocycles. The van der Waals surface area contributed by atoms with Gasteiger partial charge >= 0.3 is 0 Å². The molecule has 206 valence electrons. The van der Waals surface area contributed by atoms with Crippen LogP contribution in [0.1, 0.15) is 89.5 Å². The summed E-state index contributed by atoms with van der Waals surface area (Å²) in [7, 11) is 0. The summed E-state index contributed by atoms with van der Waals surface area (Å²) in [5, 5.41) is 0. The Morgan fingerprint density at radius 1 is 0.789 bits per heavy atom. The van der Waals surface area contributed by atoms with Crippen molar-refractivity contribution in [1.82, 2.24) is 0 Å². The predicted octanol–water partition coefficient (Wildman–Crippen LogP) is 9.48.